The molecule has 1 aromatic rings. The van der Waals surface area contributed by atoms with Crippen LogP contribution in [0.3, 0.4) is 0 Å². The maximum absolute atomic E-state index is 11.9. The summed E-state index contributed by atoms with van der Waals surface area (Å²) in [6.07, 6.45) is 0. The van der Waals surface area contributed by atoms with Crippen LogP contribution in [0.25, 0.3) is 0 Å². The molecule has 19 heavy (non-hydrogen) atoms. The molecule has 0 aliphatic heterocycles. The van der Waals surface area contributed by atoms with E-state index in [0.29, 0.717) is 5.69 Å². The zero-order valence-corrected chi connectivity index (χ0v) is 12.6. The Morgan fingerprint density at radius 2 is 1.89 bits per heavy atom. The van der Waals surface area contributed by atoms with E-state index < -0.39 is 19.9 Å². The third-order valence-corrected chi connectivity index (χ3v) is 6.04. The number of nitrogens with one attached hydrogen (secondary N) is 1. The molecule has 0 spiro atoms. The molecule has 0 atom stereocenters. The molecule has 0 bridgehead atoms. The van der Waals surface area contributed by atoms with Gasteiger partial charge in [0.25, 0.3) is 0 Å². The second kappa shape index (κ2) is 6.08. The average molecular weight is 327 g/mol. The van der Waals surface area contributed by atoms with E-state index in [1.165, 1.54) is 25.1 Å². The molecule has 0 amide bonds. The minimum Gasteiger partial charge on any atom is -0.399 e. The summed E-state index contributed by atoms with van der Waals surface area (Å²) < 4.78 is 48.5. The van der Waals surface area contributed by atoms with Crippen LogP contribution >= 0.6 is 11.6 Å². The lowest BCUT2D eigenvalue weighted by atomic mass is 10.3. The molecule has 0 unspecified atom stereocenters. The van der Waals surface area contributed by atoms with Crippen LogP contribution in [0.1, 0.15) is 6.92 Å². The van der Waals surface area contributed by atoms with Crippen LogP contribution in [0.5, 0.6) is 0 Å². The van der Waals surface area contributed by atoms with Gasteiger partial charge in [0.1, 0.15) is 4.90 Å². The number of anilines is 1. The van der Waals surface area contributed by atoms with Gasteiger partial charge < -0.3 is 5.73 Å². The third-order valence-electron chi connectivity index (χ3n) is 2.39. The number of sulfone groups is 1. The highest BCUT2D eigenvalue weighted by molar-refractivity contribution is 7.91. The van der Waals surface area contributed by atoms with E-state index in [2.05, 4.69) is 4.72 Å². The zero-order valence-electron chi connectivity index (χ0n) is 10.3. The Bertz CT molecular complexity index is 656. The maximum atomic E-state index is 11.9. The number of nitrogen functional groups attached to an aromatic ring is 1. The fourth-order valence-electron chi connectivity index (χ4n) is 1.29. The molecule has 0 saturated heterocycles. The van der Waals surface area contributed by atoms with Crippen LogP contribution in [0.15, 0.2) is 23.1 Å². The van der Waals surface area contributed by atoms with Gasteiger partial charge in [0.2, 0.25) is 10.0 Å². The van der Waals surface area contributed by atoms with Crippen molar-refractivity contribution in [2.45, 2.75) is 11.8 Å². The second-order valence-electron chi connectivity index (χ2n) is 3.82. The standard InChI is InChI=1S/C10H15ClN2O4S2/c1-2-18(14,15)6-5-13-19(16,17)10-4-3-8(12)7-9(10)11/h3-4,7,13H,2,5-6,12H2,1H3. The van der Waals surface area contributed by atoms with Crippen molar-refractivity contribution < 1.29 is 16.8 Å². The van der Waals surface area contributed by atoms with Gasteiger partial charge in [-0.05, 0) is 18.2 Å². The van der Waals surface area contributed by atoms with Crippen LogP contribution in [0.4, 0.5) is 5.69 Å². The van der Waals surface area contributed by atoms with Crippen LogP contribution in [-0.2, 0) is 19.9 Å². The molecule has 0 aliphatic rings. The van der Waals surface area contributed by atoms with Crippen LogP contribution in [-0.4, -0.2) is 34.9 Å². The first kappa shape index (κ1) is 16.2. The molecular weight excluding hydrogens is 312 g/mol. The summed E-state index contributed by atoms with van der Waals surface area (Å²) in [7, 11) is -7.06. The largest absolute Gasteiger partial charge is 0.399 e. The van der Waals surface area contributed by atoms with Crippen LogP contribution < -0.4 is 10.5 Å². The van der Waals surface area contributed by atoms with Gasteiger partial charge in [-0.1, -0.05) is 18.5 Å². The first-order valence-corrected chi connectivity index (χ1v) is 9.11. The van der Waals surface area contributed by atoms with Gasteiger partial charge in [-0.3, -0.25) is 0 Å². The first-order chi connectivity index (χ1) is 8.68. The zero-order chi connectivity index (χ0) is 14.7. The van der Waals surface area contributed by atoms with Crippen molar-refractivity contribution in [2.24, 2.45) is 0 Å². The topological polar surface area (TPSA) is 106 Å². The van der Waals surface area contributed by atoms with E-state index in [0.717, 1.165) is 0 Å². The minimum atomic E-state index is -3.84. The molecule has 0 heterocycles. The van der Waals surface area contributed by atoms with E-state index in [-0.39, 0.29) is 28.0 Å². The highest BCUT2D eigenvalue weighted by atomic mass is 35.5. The van der Waals surface area contributed by atoms with Crippen LogP contribution in [0.2, 0.25) is 5.02 Å². The maximum Gasteiger partial charge on any atom is 0.242 e. The van der Waals surface area contributed by atoms with E-state index in [1.54, 1.807) is 0 Å². The number of halogens is 1. The molecule has 108 valence electrons. The van der Waals surface area contributed by atoms with Crippen molar-refractivity contribution >= 4 is 37.1 Å². The fourth-order valence-corrected chi connectivity index (χ4v) is 3.70. The first-order valence-electron chi connectivity index (χ1n) is 5.43. The quantitative estimate of drug-likeness (QED) is 0.746. The third kappa shape index (κ3) is 4.64. The van der Waals surface area contributed by atoms with Gasteiger partial charge in [0.05, 0.1) is 10.8 Å². The van der Waals surface area contributed by atoms with Gasteiger partial charge in [-0.25, -0.2) is 21.6 Å². The lowest BCUT2D eigenvalue weighted by molar-refractivity contribution is 0.581. The van der Waals surface area contributed by atoms with Gasteiger partial charge in [0.15, 0.2) is 9.84 Å². The normalized spacial score (nSPS) is 12.5. The number of hydrogen-bond acceptors (Lipinski definition) is 5. The Balaban J connectivity index is 2.82. The molecule has 6 nitrogen and oxygen atoms in total. The Kier molecular flexibility index (Phi) is 5.19. The van der Waals surface area contributed by atoms with Crippen molar-refractivity contribution in [2.75, 3.05) is 23.8 Å². The van der Waals surface area contributed by atoms with Gasteiger partial charge >= 0.3 is 0 Å². The number of nitrogens with two attached hydrogens (primary N) is 1. The molecular formula is C10H15ClN2O4S2. The Morgan fingerprint density at radius 1 is 1.26 bits per heavy atom. The fraction of sp³-hybridized carbons (Fsp3) is 0.400. The van der Waals surface area contributed by atoms with Gasteiger partial charge in [0, 0.05) is 18.0 Å². The number of hydrogen-bond donors (Lipinski definition) is 2. The van der Waals surface area contributed by atoms with E-state index in [4.69, 9.17) is 17.3 Å². The van der Waals surface area contributed by atoms with E-state index in [9.17, 15) is 16.8 Å². The second-order valence-corrected chi connectivity index (χ2v) is 8.44. The predicted octanol–water partition coefficient (Wildman–Crippen LogP) is 0.635. The molecule has 0 saturated carbocycles. The Labute approximate surface area is 117 Å². The molecule has 0 radical (unpaired) electrons. The Hall–Kier alpha value is -0.830. The summed E-state index contributed by atoms with van der Waals surface area (Å²) in [6.45, 7) is 1.31. The van der Waals surface area contributed by atoms with Gasteiger partial charge in [-0.15, -0.1) is 0 Å². The van der Waals surface area contributed by atoms with Gasteiger partial charge in [-0.2, -0.15) is 0 Å². The molecule has 9 heteroatoms. The summed E-state index contributed by atoms with van der Waals surface area (Å²) in [5, 5.41) is -0.00847. The number of rotatable bonds is 6. The van der Waals surface area contributed by atoms with E-state index in [1.807, 2.05) is 0 Å². The Morgan fingerprint density at radius 3 is 2.42 bits per heavy atom. The SMILES string of the molecule is CCS(=O)(=O)CCNS(=O)(=O)c1ccc(N)cc1Cl. The molecule has 1 aromatic carbocycles. The van der Waals surface area contributed by atoms with Crippen molar-refractivity contribution in [3.63, 3.8) is 0 Å². The summed E-state index contributed by atoms with van der Waals surface area (Å²) >= 11 is 5.79. The summed E-state index contributed by atoms with van der Waals surface area (Å²) in [5.41, 5.74) is 5.81. The van der Waals surface area contributed by atoms with Crippen LogP contribution in [0, 0.1) is 0 Å². The number of benzene rings is 1. The molecule has 0 aliphatic carbocycles. The lowest BCUT2D eigenvalue weighted by Gasteiger charge is -2.08. The monoisotopic (exact) mass is 326 g/mol. The van der Waals surface area contributed by atoms with Crippen molar-refractivity contribution in [1.82, 2.24) is 4.72 Å². The summed E-state index contributed by atoms with van der Waals surface area (Å²) in [6, 6.07) is 4.00. The lowest BCUT2D eigenvalue weighted by Crippen LogP contribution is -2.29. The van der Waals surface area contributed by atoms with E-state index >= 15 is 0 Å². The smallest absolute Gasteiger partial charge is 0.242 e. The van der Waals surface area contributed by atoms with Crippen molar-refractivity contribution in [3.05, 3.63) is 23.2 Å². The molecule has 1 rings (SSSR count). The molecule has 3 N–H and O–H groups in total. The van der Waals surface area contributed by atoms with Crippen molar-refractivity contribution in [1.29, 1.82) is 0 Å². The highest BCUT2D eigenvalue weighted by Crippen LogP contribution is 2.23. The predicted molar refractivity (Wildman–Crippen MR) is 75.4 cm³/mol. The average Bonchev–Trinajstić information content (AvgIpc) is 2.27. The molecule has 0 fully saturated rings. The summed E-state index contributed by atoms with van der Waals surface area (Å²) in [5.74, 6) is -0.285. The summed E-state index contributed by atoms with van der Waals surface area (Å²) in [4.78, 5) is -0.128. The minimum absolute atomic E-state index is 0.00847. The number of sulfonamides is 1. The van der Waals surface area contributed by atoms with Crippen molar-refractivity contribution in [3.8, 4) is 0 Å². The molecule has 0 aromatic heterocycles. The highest BCUT2D eigenvalue weighted by Gasteiger charge is 2.18.